The van der Waals surface area contributed by atoms with Crippen LogP contribution in [-0.2, 0) is 14.3 Å². The van der Waals surface area contributed by atoms with E-state index in [2.05, 4.69) is 96.2 Å². The summed E-state index contributed by atoms with van der Waals surface area (Å²) in [5.41, 5.74) is 6.74. The first-order chi connectivity index (χ1) is 21.5. The van der Waals surface area contributed by atoms with Crippen LogP contribution in [0.5, 0.6) is 0 Å². The van der Waals surface area contributed by atoms with Crippen LogP contribution >= 0.6 is 0 Å². The van der Waals surface area contributed by atoms with E-state index < -0.39 is 11.7 Å². The number of hydrogen-bond acceptors (Lipinski definition) is 4. The van der Waals surface area contributed by atoms with Crippen LogP contribution in [0.15, 0.2) is 142 Å². The third-order valence-electron chi connectivity index (χ3n) is 8.05. The first kappa shape index (κ1) is 40.5. The molecule has 250 valence electrons. The standard InChI is InChI=1S/C42H58O4/c1-31(20-15-22-33(3)23-17-25-35(5)27-29-39(43)42(9,10)46-12)18-13-14-19-32(2)21-16-24-34(4)26-28-37-36(6)40(44)38(45-11)30-41(37,7)8/h13-29,38-39,43H,30H2,1-12H3. The lowest BCUT2D eigenvalue weighted by Crippen LogP contribution is -2.37. The SMILES string of the molecule is COC1CC(C)(C)C(C=CC(C)=CC=CC(C)=CC=CC=C(C)C=CC=C(C)C=CC=C(C)C=CC(O)C(C)(C)OC)=C(C)C1=O. The number of aliphatic hydroxyl groups is 1. The first-order valence-electron chi connectivity index (χ1n) is 16.0. The molecule has 0 saturated heterocycles. The maximum Gasteiger partial charge on any atom is 0.187 e. The molecule has 1 rings (SSSR count). The highest BCUT2D eigenvalue weighted by molar-refractivity contribution is 6.00. The van der Waals surface area contributed by atoms with Gasteiger partial charge in [-0.3, -0.25) is 4.79 Å². The third kappa shape index (κ3) is 14.7. The summed E-state index contributed by atoms with van der Waals surface area (Å²) in [7, 11) is 3.21. The lowest BCUT2D eigenvalue weighted by molar-refractivity contribution is -0.127. The second kappa shape index (κ2) is 19.8. The number of Topliss-reactive ketones (excluding diaryl/α,β-unsaturated/α-hetero) is 1. The summed E-state index contributed by atoms with van der Waals surface area (Å²) in [5.74, 6) is 0.0863. The monoisotopic (exact) mass is 626 g/mol. The van der Waals surface area contributed by atoms with Crippen molar-refractivity contribution >= 4 is 5.78 Å². The molecule has 0 radical (unpaired) electrons. The van der Waals surface area contributed by atoms with Crippen molar-refractivity contribution in [2.24, 2.45) is 5.41 Å². The highest BCUT2D eigenvalue weighted by Gasteiger charge is 2.37. The van der Waals surface area contributed by atoms with Crippen molar-refractivity contribution in [3.63, 3.8) is 0 Å². The van der Waals surface area contributed by atoms with Gasteiger partial charge in [0.1, 0.15) is 12.2 Å². The van der Waals surface area contributed by atoms with Gasteiger partial charge in [0.25, 0.3) is 0 Å². The van der Waals surface area contributed by atoms with Gasteiger partial charge >= 0.3 is 0 Å². The molecule has 0 aromatic heterocycles. The molecule has 4 heteroatoms. The van der Waals surface area contributed by atoms with Gasteiger partial charge in [-0.2, -0.15) is 0 Å². The molecule has 0 aromatic rings. The predicted octanol–water partition coefficient (Wildman–Crippen LogP) is 10.2. The van der Waals surface area contributed by atoms with Crippen molar-refractivity contribution in [2.75, 3.05) is 14.2 Å². The first-order valence-corrected chi connectivity index (χ1v) is 16.0. The minimum Gasteiger partial charge on any atom is -0.386 e. The lowest BCUT2D eigenvalue weighted by Gasteiger charge is -2.36. The van der Waals surface area contributed by atoms with E-state index >= 15 is 0 Å². The second-order valence-electron chi connectivity index (χ2n) is 13.2. The van der Waals surface area contributed by atoms with E-state index in [1.165, 1.54) is 0 Å². The molecule has 0 amide bonds. The Morgan fingerprint density at radius 1 is 0.761 bits per heavy atom. The quantitative estimate of drug-likeness (QED) is 0.184. The summed E-state index contributed by atoms with van der Waals surface area (Å²) < 4.78 is 10.7. The molecule has 0 aromatic carbocycles. The molecule has 46 heavy (non-hydrogen) atoms. The van der Waals surface area contributed by atoms with E-state index in [4.69, 9.17) is 9.47 Å². The van der Waals surface area contributed by atoms with Gasteiger partial charge < -0.3 is 14.6 Å². The summed E-state index contributed by atoms with van der Waals surface area (Å²) in [5, 5.41) is 10.2. The summed E-state index contributed by atoms with van der Waals surface area (Å²) in [6.07, 6.45) is 34.2. The molecular formula is C42H58O4. The van der Waals surface area contributed by atoms with Gasteiger partial charge in [0.15, 0.2) is 5.78 Å². The normalized spacial score (nSPS) is 20.8. The van der Waals surface area contributed by atoms with Crippen LogP contribution in [0.1, 0.15) is 75.7 Å². The van der Waals surface area contributed by atoms with Gasteiger partial charge in [-0.1, -0.05) is 145 Å². The summed E-state index contributed by atoms with van der Waals surface area (Å²) in [6.45, 7) is 20.2. The largest absolute Gasteiger partial charge is 0.386 e. The van der Waals surface area contributed by atoms with E-state index in [-0.39, 0.29) is 17.3 Å². The van der Waals surface area contributed by atoms with Crippen LogP contribution in [0.2, 0.25) is 0 Å². The summed E-state index contributed by atoms with van der Waals surface area (Å²) >= 11 is 0. The molecule has 2 atom stereocenters. The van der Waals surface area contributed by atoms with Crippen molar-refractivity contribution in [3.05, 3.63) is 142 Å². The number of ketones is 1. The molecular weight excluding hydrogens is 568 g/mol. The number of rotatable bonds is 15. The number of carbonyl (C=O) groups is 1. The zero-order chi connectivity index (χ0) is 34.9. The smallest absolute Gasteiger partial charge is 0.187 e. The molecule has 1 N–H and O–H groups in total. The molecule has 0 fully saturated rings. The van der Waals surface area contributed by atoms with Gasteiger partial charge in [0, 0.05) is 14.2 Å². The Hall–Kier alpha value is -3.57. The van der Waals surface area contributed by atoms with Gasteiger partial charge in [0.2, 0.25) is 0 Å². The van der Waals surface area contributed by atoms with E-state index in [9.17, 15) is 9.90 Å². The fraction of sp³-hybridized carbons (Fsp3) is 0.405. The number of hydrogen-bond donors (Lipinski definition) is 1. The average Bonchev–Trinajstić information content (AvgIpc) is 2.99. The van der Waals surface area contributed by atoms with Gasteiger partial charge in [-0.25, -0.2) is 0 Å². The molecule has 1 aliphatic carbocycles. The van der Waals surface area contributed by atoms with E-state index in [1.807, 2.05) is 70.2 Å². The Labute approximate surface area is 280 Å². The van der Waals surface area contributed by atoms with Crippen LogP contribution < -0.4 is 0 Å². The van der Waals surface area contributed by atoms with Crippen molar-refractivity contribution in [2.45, 2.75) is 93.5 Å². The Morgan fingerprint density at radius 3 is 1.61 bits per heavy atom. The van der Waals surface area contributed by atoms with Crippen molar-refractivity contribution in [1.29, 1.82) is 0 Å². The average molecular weight is 627 g/mol. The number of ether oxygens (including phenoxy) is 2. The van der Waals surface area contributed by atoms with Crippen LogP contribution in [0.4, 0.5) is 0 Å². The molecule has 2 unspecified atom stereocenters. The van der Waals surface area contributed by atoms with Gasteiger partial charge in [0.05, 0.1) is 5.60 Å². The highest BCUT2D eigenvalue weighted by atomic mass is 16.5. The molecule has 0 aliphatic heterocycles. The fourth-order valence-corrected chi connectivity index (χ4v) is 4.65. The Balaban J connectivity index is 2.69. The van der Waals surface area contributed by atoms with Gasteiger partial charge in [-0.15, -0.1) is 0 Å². The number of methoxy groups -OCH3 is 2. The van der Waals surface area contributed by atoms with E-state index in [1.54, 1.807) is 20.3 Å². The minimum atomic E-state index is -0.673. The van der Waals surface area contributed by atoms with Crippen molar-refractivity contribution in [1.82, 2.24) is 0 Å². The second-order valence-corrected chi connectivity index (χ2v) is 13.2. The summed E-state index contributed by atoms with van der Waals surface area (Å²) in [4.78, 5) is 12.6. The Bertz CT molecular complexity index is 1400. The third-order valence-corrected chi connectivity index (χ3v) is 8.05. The summed E-state index contributed by atoms with van der Waals surface area (Å²) in [6, 6.07) is 0. The zero-order valence-corrected chi connectivity index (χ0v) is 30.3. The van der Waals surface area contributed by atoms with Crippen molar-refractivity contribution in [3.8, 4) is 0 Å². The maximum atomic E-state index is 12.6. The molecule has 0 bridgehead atoms. The molecule has 0 saturated carbocycles. The zero-order valence-electron chi connectivity index (χ0n) is 30.3. The van der Waals surface area contributed by atoms with E-state index in [0.717, 1.165) is 39.0 Å². The van der Waals surface area contributed by atoms with Crippen molar-refractivity contribution < 1.29 is 19.4 Å². The topological polar surface area (TPSA) is 55.8 Å². The number of carbonyl (C=O) groups excluding carboxylic acids is 1. The molecule has 4 nitrogen and oxygen atoms in total. The van der Waals surface area contributed by atoms with Crippen LogP contribution in [0, 0.1) is 5.41 Å². The Kier molecular flexibility index (Phi) is 17.4. The van der Waals surface area contributed by atoms with Crippen LogP contribution in [-0.4, -0.2) is 42.9 Å². The number of allylic oxidation sites excluding steroid dienone is 22. The van der Waals surface area contributed by atoms with Crippen LogP contribution in [0.3, 0.4) is 0 Å². The fourth-order valence-electron chi connectivity index (χ4n) is 4.65. The van der Waals surface area contributed by atoms with E-state index in [0.29, 0.717) is 6.42 Å². The van der Waals surface area contributed by atoms with Crippen LogP contribution in [0.25, 0.3) is 0 Å². The molecule has 0 spiro atoms. The highest BCUT2D eigenvalue weighted by Crippen LogP contribution is 2.40. The predicted molar refractivity (Wildman–Crippen MR) is 198 cm³/mol. The molecule has 1 aliphatic rings. The molecule has 0 heterocycles. The minimum absolute atomic E-state index is 0.0863. The van der Waals surface area contributed by atoms with Gasteiger partial charge in [-0.05, 0) is 78.4 Å². The lowest BCUT2D eigenvalue weighted by atomic mass is 9.71. The number of aliphatic hydroxyl groups excluding tert-OH is 1. The maximum absolute atomic E-state index is 12.6. The Morgan fingerprint density at radius 2 is 1.17 bits per heavy atom.